The average Bonchev–Trinajstić information content (AvgIpc) is 1.75. The van der Waals surface area contributed by atoms with Crippen LogP contribution in [0.3, 0.4) is 0 Å². The number of halogens is 5. The molecule has 0 radical (unpaired) electrons. The van der Waals surface area contributed by atoms with Crippen LogP contribution in [0.1, 0.15) is 162 Å². The average molecular weight is 1830 g/mol. The van der Waals surface area contributed by atoms with E-state index >= 15 is 0 Å². The summed E-state index contributed by atoms with van der Waals surface area (Å²) in [6, 6.07) is 58.7. The van der Waals surface area contributed by atoms with Crippen LogP contribution in [0.5, 0.6) is 40.2 Å². The molecule has 7 N–H and O–H groups in total. The third-order valence-corrected chi connectivity index (χ3v) is 23.9. The second-order valence-electron chi connectivity index (χ2n) is 32.7. The van der Waals surface area contributed by atoms with Crippen LogP contribution in [0.15, 0.2) is 212 Å². The van der Waals surface area contributed by atoms with E-state index < -0.39 is 35.3 Å². The molecule has 672 valence electrons. The number of ether oxygens (including phenoxy) is 7. The van der Waals surface area contributed by atoms with Gasteiger partial charge in [-0.05, 0) is 296 Å². The van der Waals surface area contributed by atoms with E-state index in [4.69, 9.17) is 56.4 Å². The summed E-state index contributed by atoms with van der Waals surface area (Å²) in [5.74, 6) is -4.35. The molecular weight excluding hydrogens is 1750 g/mol. The van der Waals surface area contributed by atoms with Crippen LogP contribution in [0.2, 0.25) is 10.0 Å². The maximum atomic E-state index is 14.1. The van der Waals surface area contributed by atoms with Gasteiger partial charge in [0.05, 0.1) is 44.0 Å². The Labute approximate surface area is 770 Å². The first kappa shape index (κ1) is 92.1. The van der Waals surface area contributed by atoms with Crippen LogP contribution in [-0.4, -0.2) is 77.5 Å². The number of cyclic esters (lactones) is 7. The van der Waals surface area contributed by atoms with Gasteiger partial charge >= 0.3 is 41.8 Å². The quantitative estimate of drug-likeness (QED) is 0.0548. The molecule has 0 unspecified atom stereocenters. The van der Waals surface area contributed by atoms with E-state index in [1.165, 1.54) is 42.5 Å². The molecular formula is C107H83Cl2F3O21. The highest BCUT2D eigenvalue weighted by atomic mass is 35.5. The molecule has 0 spiro atoms. The van der Waals surface area contributed by atoms with Gasteiger partial charge in [-0.15, -0.1) is 0 Å². The Bertz CT molecular complexity index is 6640. The Hall–Kier alpha value is -15.7. The van der Waals surface area contributed by atoms with E-state index in [1.54, 1.807) is 104 Å². The zero-order valence-corrected chi connectivity index (χ0v) is 74.4. The fourth-order valence-electron chi connectivity index (χ4n) is 16.1. The molecule has 0 saturated carbocycles. The predicted octanol–water partition coefficient (Wildman–Crippen LogP) is 23.6. The highest BCUT2D eigenvalue weighted by molar-refractivity contribution is 6.32. The van der Waals surface area contributed by atoms with Crippen molar-refractivity contribution in [3.8, 4) is 118 Å². The summed E-state index contributed by atoms with van der Waals surface area (Å²) in [4.78, 5) is 83.8. The molecule has 14 aromatic rings. The number of aryl methyl sites for hydroxylation is 9. The lowest BCUT2D eigenvalue weighted by molar-refractivity contribution is 0.0469. The van der Waals surface area contributed by atoms with Crippen molar-refractivity contribution in [2.75, 3.05) is 0 Å². The van der Waals surface area contributed by atoms with Crippen LogP contribution in [-0.2, 0) is 79.4 Å². The molecule has 0 fully saturated rings. The van der Waals surface area contributed by atoms with Gasteiger partial charge in [-0.3, -0.25) is 0 Å². The van der Waals surface area contributed by atoms with Crippen molar-refractivity contribution < 1.29 is 116 Å². The number of carbonyl (C=O) groups is 7. The highest BCUT2D eigenvalue weighted by Crippen LogP contribution is 2.45. The van der Waals surface area contributed by atoms with E-state index in [-0.39, 0.29) is 115 Å². The second kappa shape index (κ2) is 38.2. The Balaban J connectivity index is 0.000000118. The van der Waals surface area contributed by atoms with Crippen molar-refractivity contribution >= 4 is 65.0 Å². The minimum absolute atomic E-state index is 0.00738. The molecule has 14 aromatic carbocycles. The normalized spacial score (nSPS) is 13.3. The summed E-state index contributed by atoms with van der Waals surface area (Å²) in [6.45, 7) is 17.6. The van der Waals surface area contributed by atoms with Crippen LogP contribution < -0.4 is 0 Å². The van der Waals surface area contributed by atoms with Crippen molar-refractivity contribution in [1.82, 2.24) is 0 Å². The fraction of sp³-hybridized carbons (Fsp3) is 0.150. The van der Waals surface area contributed by atoms with E-state index in [0.29, 0.717) is 99.6 Å². The summed E-state index contributed by atoms with van der Waals surface area (Å²) in [5.41, 5.74) is 26.4. The lowest BCUT2D eigenvalue weighted by Crippen LogP contribution is -2.04. The fourth-order valence-corrected chi connectivity index (χ4v) is 16.5. The zero-order chi connectivity index (χ0) is 95.0. The second-order valence-corrected chi connectivity index (χ2v) is 33.5. The first-order valence-corrected chi connectivity index (χ1v) is 42.4. The molecule has 0 aromatic heterocycles. The molecule has 0 atom stereocenters. The molecule has 0 saturated heterocycles. The van der Waals surface area contributed by atoms with E-state index in [2.05, 4.69) is 0 Å². The summed E-state index contributed by atoms with van der Waals surface area (Å²) in [5, 5.41) is 67.7. The molecule has 7 aliphatic rings. The van der Waals surface area contributed by atoms with Gasteiger partial charge in [0.15, 0.2) is 11.6 Å². The summed E-state index contributed by atoms with van der Waals surface area (Å²) in [7, 11) is 0. The van der Waals surface area contributed by atoms with Gasteiger partial charge in [0.2, 0.25) is 0 Å². The molecule has 7 aliphatic heterocycles. The third kappa shape index (κ3) is 19.6. The Morgan fingerprint density at radius 1 is 0.211 bits per heavy atom. The molecule has 7 heterocycles. The van der Waals surface area contributed by atoms with Gasteiger partial charge in [0, 0.05) is 55.6 Å². The van der Waals surface area contributed by atoms with Gasteiger partial charge < -0.3 is 68.9 Å². The van der Waals surface area contributed by atoms with Crippen LogP contribution in [0.25, 0.3) is 77.9 Å². The molecule has 21 rings (SSSR count). The minimum atomic E-state index is -0.709. The standard InChI is InChI=1S/2C16H14O3.2C15H11ClO3.3C15H11FO3/c1-9-5-14-13-4-3-12(17)7-11(13)8-19-16(18)15(14)6-10(9)2;1-9-3-4-12-13-6-10(2)15(17)7-11(13)8-19-16(18)14(12)5-9;1-8-4-13-12(6-14(8)16)11-3-2-10(17)5-9(11)7-19-15(13)18;1-8-2-3-10-11-6-13(16)14(17)5-9(11)7-19-15(18)12(10)4-8;1-8-4-13-12(6-14(8)16)11-3-2-10(17)5-9(11)7-19-15(13)18;1-8-2-3-11-12(4-8)15(18)19-7-9-5-10(17)6-13(16)14(9)11;1-8-2-3-10-11-6-13(16)14(17)5-9(11)7-19-15(18)12(10)4-8/h2*3-7,17H,8H2,1-2H3;5*2-6,17H,7H2,1H3. The summed E-state index contributed by atoms with van der Waals surface area (Å²) < 4.78 is 77.7. The number of phenolic OH excluding ortho intramolecular Hbond substituents is 7. The first-order chi connectivity index (χ1) is 63.4. The Kier molecular flexibility index (Phi) is 26.4. The van der Waals surface area contributed by atoms with Crippen molar-refractivity contribution in [3.05, 3.63) is 368 Å². The van der Waals surface area contributed by atoms with Crippen LogP contribution >= 0.6 is 23.2 Å². The molecule has 133 heavy (non-hydrogen) atoms. The van der Waals surface area contributed by atoms with E-state index in [1.807, 2.05) is 122 Å². The number of phenols is 7. The molecule has 0 aliphatic carbocycles. The zero-order valence-electron chi connectivity index (χ0n) is 72.9. The van der Waals surface area contributed by atoms with Gasteiger partial charge in [-0.1, -0.05) is 118 Å². The monoisotopic (exact) mass is 1830 g/mol. The smallest absolute Gasteiger partial charge is 0.339 e. The van der Waals surface area contributed by atoms with Gasteiger partial charge in [-0.25, -0.2) is 46.7 Å². The topological polar surface area (TPSA) is 326 Å². The van der Waals surface area contributed by atoms with Crippen LogP contribution in [0.4, 0.5) is 13.2 Å². The molecule has 21 nitrogen and oxygen atoms in total. The largest absolute Gasteiger partial charge is 0.508 e. The number of benzene rings is 14. The summed E-state index contributed by atoms with van der Waals surface area (Å²) >= 11 is 12.1. The minimum Gasteiger partial charge on any atom is -0.508 e. The lowest BCUT2D eigenvalue weighted by Gasteiger charge is -2.10. The molecule has 0 bridgehead atoms. The molecule has 26 heteroatoms. The van der Waals surface area contributed by atoms with Crippen molar-refractivity contribution in [3.63, 3.8) is 0 Å². The number of hydrogen-bond donors (Lipinski definition) is 7. The van der Waals surface area contributed by atoms with Crippen molar-refractivity contribution in [2.45, 2.75) is 109 Å². The maximum absolute atomic E-state index is 14.1. The third-order valence-electron chi connectivity index (χ3n) is 23.2. The Morgan fingerprint density at radius 2 is 0.489 bits per heavy atom. The van der Waals surface area contributed by atoms with E-state index in [9.17, 15) is 82.5 Å². The summed E-state index contributed by atoms with van der Waals surface area (Å²) in [6.07, 6.45) is 0. The SMILES string of the molecule is Cc1cc2c(cc1C)-c1ccc(O)cc1COC2=O.Cc1cc2c(cc1Cl)-c1ccc(O)cc1COC2=O.Cc1cc2c(cc1F)-c1ccc(O)cc1COC2=O.Cc1ccc2c(c1)C(=O)OCc1cc(O)c(C)cc1-2.Cc1ccc2c(c1)C(=O)OCc1cc(O)c(Cl)cc1-2.Cc1ccc2c(c1)C(=O)OCc1cc(O)c(F)cc1-2.Cc1ccc2c(c1)C(=O)OCc1cc(O)cc(F)c1-2. The number of aromatic hydroxyl groups is 7. The van der Waals surface area contributed by atoms with Gasteiger partial charge in [0.25, 0.3) is 0 Å². The lowest BCUT2D eigenvalue weighted by atomic mass is 9.93. The van der Waals surface area contributed by atoms with Crippen molar-refractivity contribution in [1.29, 1.82) is 0 Å². The van der Waals surface area contributed by atoms with Crippen molar-refractivity contribution in [2.24, 2.45) is 0 Å². The number of carbonyl (C=O) groups excluding carboxylic acids is 7. The van der Waals surface area contributed by atoms with E-state index in [0.717, 1.165) is 117 Å². The maximum Gasteiger partial charge on any atom is 0.339 e. The Morgan fingerprint density at radius 3 is 0.910 bits per heavy atom. The number of esters is 7. The predicted molar refractivity (Wildman–Crippen MR) is 491 cm³/mol. The highest BCUT2D eigenvalue weighted by Gasteiger charge is 2.32. The number of fused-ring (bicyclic) bond motifs is 21. The first-order valence-electron chi connectivity index (χ1n) is 41.6. The molecule has 0 amide bonds. The number of hydrogen-bond acceptors (Lipinski definition) is 21. The van der Waals surface area contributed by atoms with Crippen LogP contribution in [0, 0.1) is 79.8 Å². The van der Waals surface area contributed by atoms with Gasteiger partial charge in [0.1, 0.15) is 92.4 Å². The number of rotatable bonds is 0. The van der Waals surface area contributed by atoms with Gasteiger partial charge in [-0.2, -0.15) is 0 Å².